The van der Waals surface area contributed by atoms with Crippen LogP contribution in [0.1, 0.15) is 0 Å². The molecule has 0 aliphatic rings. The van der Waals surface area contributed by atoms with Crippen LogP contribution in [0.15, 0.2) is 84.9 Å². The molecule has 3 heteroatoms. The molecule has 0 atom stereocenters. The molecule has 0 saturated heterocycles. The van der Waals surface area contributed by atoms with Crippen molar-refractivity contribution in [3.05, 3.63) is 90.0 Å². The van der Waals surface area contributed by atoms with Crippen molar-refractivity contribution in [2.45, 2.75) is 0 Å². The van der Waals surface area contributed by atoms with Crippen molar-refractivity contribution in [1.29, 1.82) is 0 Å². The van der Waals surface area contributed by atoms with E-state index >= 15 is 0 Å². The van der Waals surface area contributed by atoms with E-state index in [1.165, 1.54) is 58.3 Å². The zero-order chi connectivity index (χ0) is 19.1. The van der Waals surface area contributed by atoms with E-state index in [0.29, 0.717) is 0 Å². The molecule has 1 nitrogen and oxygen atoms in total. The summed E-state index contributed by atoms with van der Waals surface area (Å²) < 4.78 is 5.07. The maximum absolute atomic E-state index is 6.45. The van der Waals surface area contributed by atoms with Gasteiger partial charge in [0, 0.05) is 25.9 Å². The predicted molar refractivity (Wildman–Crippen MR) is 128 cm³/mol. The third-order valence-corrected chi connectivity index (χ3v) is 7.42. The fourth-order valence-electron chi connectivity index (χ4n) is 4.85. The van der Waals surface area contributed by atoms with Gasteiger partial charge in [-0.05, 0) is 46.5 Å². The summed E-state index contributed by atoms with van der Waals surface area (Å²) >= 11 is 8.32. The van der Waals surface area contributed by atoms with Gasteiger partial charge in [0.15, 0.2) is 0 Å². The highest BCUT2D eigenvalue weighted by Gasteiger charge is 2.19. The number of fused-ring (bicyclic) bond motifs is 8. The van der Waals surface area contributed by atoms with Gasteiger partial charge in [0.25, 0.3) is 0 Å². The molecule has 4 aromatic carbocycles. The smallest absolute Gasteiger partial charge is 0.0734 e. The first-order chi connectivity index (χ1) is 14.3. The van der Waals surface area contributed by atoms with Crippen molar-refractivity contribution in [2.24, 2.45) is 0 Å². The Morgan fingerprint density at radius 1 is 0.621 bits per heavy atom. The molecule has 0 aliphatic carbocycles. The van der Waals surface area contributed by atoms with Gasteiger partial charge in [0.1, 0.15) is 0 Å². The van der Waals surface area contributed by atoms with Gasteiger partial charge in [-0.1, -0.05) is 66.2 Å². The summed E-state index contributed by atoms with van der Waals surface area (Å²) in [5.74, 6) is 0. The summed E-state index contributed by atoms with van der Waals surface area (Å²) in [5, 5.41) is 8.47. The molecular weight excluding hydrogens is 394 g/mol. The van der Waals surface area contributed by atoms with Gasteiger partial charge < -0.3 is 4.40 Å². The zero-order valence-corrected chi connectivity index (χ0v) is 16.9. The molecule has 0 unspecified atom stereocenters. The van der Waals surface area contributed by atoms with E-state index in [9.17, 15) is 0 Å². The lowest BCUT2D eigenvalue weighted by atomic mass is 10.0. The molecule has 0 N–H and O–H groups in total. The first-order valence-corrected chi connectivity index (χ1v) is 10.8. The molecule has 7 rings (SSSR count). The van der Waals surface area contributed by atoms with Crippen molar-refractivity contribution in [3.8, 4) is 0 Å². The van der Waals surface area contributed by atoms with Gasteiger partial charge in [-0.15, -0.1) is 11.3 Å². The second kappa shape index (κ2) is 5.50. The molecule has 29 heavy (non-hydrogen) atoms. The third kappa shape index (κ3) is 1.95. The van der Waals surface area contributed by atoms with E-state index in [1.807, 2.05) is 17.4 Å². The van der Waals surface area contributed by atoms with Gasteiger partial charge in [-0.2, -0.15) is 0 Å². The van der Waals surface area contributed by atoms with Crippen molar-refractivity contribution in [2.75, 3.05) is 0 Å². The minimum atomic E-state index is 0.767. The first-order valence-electron chi connectivity index (χ1n) is 9.65. The Morgan fingerprint density at radius 3 is 2.21 bits per heavy atom. The van der Waals surface area contributed by atoms with Crippen molar-refractivity contribution in [3.63, 3.8) is 0 Å². The van der Waals surface area contributed by atoms with Crippen molar-refractivity contribution in [1.82, 2.24) is 4.40 Å². The van der Waals surface area contributed by atoms with Crippen LogP contribution in [0.2, 0.25) is 5.02 Å². The van der Waals surface area contributed by atoms with Crippen molar-refractivity contribution < 1.29 is 0 Å². The molecular formula is C26H14ClNS. The lowest BCUT2D eigenvalue weighted by molar-refractivity contribution is 1.36. The number of para-hydroxylation sites is 1. The average molecular weight is 408 g/mol. The quantitative estimate of drug-likeness (QED) is 0.237. The van der Waals surface area contributed by atoms with Crippen LogP contribution in [0.25, 0.3) is 58.3 Å². The monoisotopic (exact) mass is 407 g/mol. The molecule has 3 aromatic heterocycles. The Labute approximate surface area is 175 Å². The summed E-state index contributed by atoms with van der Waals surface area (Å²) in [6.07, 6.45) is 0. The second-order valence-electron chi connectivity index (χ2n) is 7.52. The van der Waals surface area contributed by atoms with Crippen LogP contribution in [0.5, 0.6) is 0 Å². The molecule has 0 aliphatic heterocycles. The van der Waals surface area contributed by atoms with E-state index in [-0.39, 0.29) is 0 Å². The predicted octanol–water partition coefficient (Wildman–Crippen LogP) is 8.42. The lowest BCUT2D eigenvalue weighted by Crippen LogP contribution is -1.88. The topological polar surface area (TPSA) is 4.41 Å². The molecule has 7 aromatic rings. The number of halogens is 1. The summed E-state index contributed by atoms with van der Waals surface area (Å²) in [6.45, 7) is 0. The Hall–Kier alpha value is -3.07. The van der Waals surface area contributed by atoms with E-state index < -0.39 is 0 Å². The summed E-state index contributed by atoms with van der Waals surface area (Å²) in [6, 6.07) is 30.4. The Bertz CT molecular complexity index is 1770. The average Bonchev–Trinajstić information content (AvgIpc) is 3.26. The molecule has 0 radical (unpaired) electrons. The van der Waals surface area contributed by atoms with Gasteiger partial charge in [0.05, 0.1) is 21.3 Å². The maximum Gasteiger partial charge on any atom is 0.0734 e. The normalized spacial score (nSPS) is 12.3. The van der Waals surface area contributed by atoms with Crippen LogP contribution < -0.4 is 0 Å². The molecule has 3 heterocycles. The fourth-order valence-corrected chi connectivity index (χ4v) is 6.27. The van der Waals surface area contributed by atoms with E-state index in [4.69, 9.17) is 11.6 Å². The Balaban J connectivity index is 2.02. The minimum Gasteiger partial charge on any atom is -0.307 e. The fraction of sp³-hybridized carbons (Fsp3) is 0. The Morgan fingerprint density at radius 2 is 1.34 bits per heavy atom. The van der Waals surface area contributed by atoms with Crippen LogP contribution in [0.3, 0.4) is 0 Å². The zero-order valence-electron chi connectivity index (χ0n) is 15.3. The van der Waals surface area contributed by atoms with Crippen LogP contribution in [-0.4, -0.2) is 4.40 Å². The van der Waals surface area contributed by atoms with Crippen LogP contribution >= 0.6 is 22.9 Å². The summed E-state index contributed by atoms with van der Waals surface area (Å²) in [4.78, 5) is 0. The number of aromatic nitrogens is 1. The standard InChI is InChI=1S/C26H14ClNS/c27-15-12-13-20-22(14-15)28-21-10-4-3-8-18(21)16-6-1-2-7-17(16)19-9-5-11-23-24(19)25(28)26(20)29-23/h1-14H. The second-order valence-corrected chi connectivity index (χ2v) is 9.01. The minimum absolute atomic E-state index is 0.767. The van der Waals surface area contributed by atoms with Gasteiger partial charge in [-0.3, -0.25) is 0 Å². The summed E-state index contributed by atoms with van der Waals surface area (Å²) in [5.41, 5.74) is 3.67. The molecule has 136 valence electrons. The molecule has 0 amide bonds. The molecule has 0 saturated carbocycles. The van der Waals surface area contributed by atoms with E-state index in [2.05, 4.69) is 83.3 Å². The highest BCUT2D eigenvalue weighted by Crippen LogP contribution is 2.45. The maximum atomic E-state index is 6.45. The van der Waals surface area contributed by atoms with Crippen molar-refractivity contribution >= 4 is 81.2 Å². The molecule has 0 bridgehead atoms. The van der Waals surface area contributed by atoms with E-state index in [1.54, 1.807) is 0 Å². The number of hydrogen-bond acceptors (Lipinski definition) is 1. The lowest BCUT2D eigenvalue weighted by Gasteiger charge is -2.09. The van der Waals surface area contributed by atoms with Gasteiger partial charge in [-0.25, -0.2) is 0 Å². The van der Waals surface area contributed by atoms with E-state index in [0.717, 1.165) is 5.02 Å². The van der Waals surface area contributed by atoms with Crippen LogP contribution in [0, 0.1) is 0 Å². The highest BCUT2D eigenvalue weighted by molar-refractivity contribution is 7.27. The number of thiophene rings is 1. The highest BCUT2D eigenvalue weighted by atomic mass is 35.5. The molecule has 0 fully saturated rings. The third-order valence-electron chi connectivity index (χ3n) is 6.01. The first kappa shape index (κ1) is 15.8. The number of benzene rings is 4. The molecule has 0 spiro atoms. The number of hydrogen-bond donors (Lipinski definition) is 0. The SMILES string of the molecule is Clc1ccc2c3sc4cccc5c6ccccc6c6ccccc6n(c2c1)c3c45. The van der Waals surface area contributed by atoms with Gasteiger partial charge in [0.2, 0.25) is 0 Å². The Kier molecular flexibility index (Phi) is 3.00. The largest absolute Gasteiger partial charge is 0.307 e. The van der Waals surface area contributed by atoms with Crippen LogP contribution in [-0.2, 0) is 0 Å². The van der Waals surface area contributed by atoms with Gasteiger partial charge >= 0.3 is 0 Å². The van der Waals surface area contributed by atoms with Crippen LogP contribution in [0.4, 0.5) is 0 Å². The number of nitrogens with zero attached hydrogens (tertiary/aromatic N) is 1. The number of rotatable bonds is 0. The summed E-state index contributed by atoms with van der Waals surface area (Å²) in [7, 11) is 0.